The summed E-state index contributed by atoms with van der Waals surface area (Å²) < 4.78 is 32.9. The summed E-state index contributed by atoms with van der Waals surface area (Å²) in [5.74, 6) is -4.65. The normalized spacial score (nSPS) is 13.6. The predicted octanol–water partition coefficient (Wildman–Crippen LogP) is 0.585. The highest BCUT2D eigenvalue weighted by molar-refractivity contribution is 5.98. The minimum Gasteiger partial charge on any atom is -0.503 e. The molecule has 2 N–H and O–H groups in total. The first kappa shape index (κ1) is 22.9. The standard InChI is InChI=1S/C20H20F2N4O6/c1-11(27)32-6-5-26-10-25-9-14(17(28)18(29)16(25)20(31)24(26)2)19(30)23-8-12-3-4-13(21)7-15(12)22/h3-4,7,9,29H,5-6,8,10H2,1-2H3,(H,23,30). The summed E-state index contributed by atoms with van der Waals surface area (Å²) in [7, 11) is 1.42. The van der Waals surface area contributed by atoms with Gasteiger partial charge in [0.15, 0.2) is 11.4 Å². The fourth-order valence-corrected chi connectivity index (χ4v) is 3.15. The summed E-state index contributed by atoms with van der Waals surface area (Å²) in [6.07, 6.45) is 1.11. The van der Waals surface area contributed by atoms with Crippen molar-refractivity contribution in [1.29, 1.82) is 0 Å². The van der Waals surface area contributed by atoms with E-state index in [4.69, 9.17) is 4.74 Å². The molecular formula is C20H20F2N4O6. The number of benzene rings is 1. The van der Waals surface area contributed by atoms with Crippen LogP contribution in [0.15, 0.2) is 29.2 Å². The Labute approximate surface area is 180 Å². The van der Waals surface area contributed by atoms with Gasteiger partial charge in [-0.05, 0) is 6.07 Å². The van der Waals surface area contributed by atoms with Gasteiger partial charge in [-0.25, -0.2) is 8.78 Å². The van der Waals surface area contributed by atoms with Gasteiger partial charge in [-0.2, -0.15) is 5.01 Å². The summed E-state index contributed by atoms with van der Waals surface area (Å²) in [6, 6.07) is 2.84. The molecule has 0 radical (unpaired) electrons. The van der Waals surface area contributed by atoms with Gasteiger partial charge in [-0.1, -0.05) is 6.07 Å². The average molecular weight is 450 g/mol. The van der Waals surface area contributed by atoms with Crippen LogP contribution in [0.5, 0.6) is 5.75 Å². The molecule has 1 aromatic carbocycles. The lowest BCUT2D eigenvalue weighted by atomic mass is 10.1. The third-order valence-electron chi connectivity index (χ3n) is 4.85. The Hall–Kier alpha value is -3.80. The lowest BCUT2D eigenvalue weighted by Gasteiger charge is -2.37. The van der Waals surface area contributed by atoms with Crippen LogP contribution < -0.4 is 10.7 Å². The minimum atomic E-state index is -1.07. The Morgan fingerprint density at radius 1 is 1.25 bits per heavy atom. The van der Waals surface area contributed by atoms with Gasteiger partial charge in [0.2, 0.25) is 5.43 Å². The van der Waals surface area contributed by atoms with Crippen LogP contribution in [0.25, 0.3) is 0 Å². The topological polar surface area (TPSA) is 121 Å². The van der Waals surface area contributed by atoms with Crippen molar-refractivity contribution in [2.24, 2.45) is 0 Å². The van der Waals surface area contributed by atoms with E-state index >= 15 is 0 Å². The maximum Gasteiger partial charge on any atom is 0.302 e. The molecule has 1 aliphatic heterocycles. The molecule has 1 aliphatic rings. The number of carbonyl (C=O) groups is 3. The van der Waals surface area contributed by atoms with Crippen molar-refractivity contribution in [3.8, 4) is 5.75 Å². The average Bonchev–Trinajstić information content (AvgIpc) is 2.72. The van der Waals surface area contributed by atoms with E-state index in [0.717, 1.165) is 23.3 Å². The van der Waals surface area contributed by atoms with Gasteiger partial charge in [0, 0.05) is 38.3 Å². The van der Waals surface area contributed by atoms with Crippen molar-refractivity contribution in [2.75, 3.05) is 20.2 Å². The summed E-state index contributed by atoms with van der Waals surface area (Å²) in [5.41, 5.74) is -1.84. The first-order valence-corrected chi connectivity index (χ1v) is 9.45. The fraction of sp³-hybridized carbons (Fsp3) is 0.300. The van der Waals surface area contributed by atoms with Crippen LogP contribution in [0.3, 0.4) is 0 Å². The number of rotatable bonds is 6. The third kappa shape index (κ3) is 4.59. The number of hydrazine groups is 1. The van der Waals surface area contributed by atoms with Crippen LogP contribution in [0, 0.1) is 11.6 Å². The van der Waals surface area contributed by atoms with Crippen molar-refractivity contribution in [1.82, 2.24) is 19.9 Å². The molecule has 170 valence electrons. The molecule has 1 aromatic heterocycles. The predicted molar refractivity (Wildman–Crippen MR) is 105 cm³/mol. The van der Waals surface area contributed by atoms with Gasteiger partial charge in [-0.15, -0.1) is 0 Å². The van der Waals surface area contributed by atoms with E-state index in [9.17, 15) is 33.1 Å². The smallest absolute Gasteiger partial charge is 0.302 e. The molecule has 2 aromatic rings. The van der Waals surface area contributed by atoms with Gasteiger partial charge in [-0.3, -0.25) is 24.2 Å². The van der Waals surface area contributed by atoms with Gasteiger partial charge in [0.1, 0.15) is 23.8 Å². The lowest BCUT2D eigenvalue weighted by Crippen LogP contribution is -2.52. The van der Waals surface area contributed by atoms with E-state index in [1.54, 1.807) is 0 Å². The lowest BCUT2D eigenvalue weighted by molar-refractivity contribution is -0.142. The number of pyridine rings is 1. The summed E-state index contributed by atoms with van der Waals surface area (Å²) >= 11 is 0. The van der Waals surface area contributed by atoms with E-state index in [1.807, 2.05) is 0 Å². The number of carbonyl (C=O) groups excluding carboxylic acids is 3. The van der Waals surface area contributed by atoms with Crippen LogP contribution in [-0.4, -0.2) is 57.7 Å². The molecule has 3 rings (SSSR count). The molecule has 0 atom stereocenters. The number of fused-ring (bicyclic) bond motifs is 1. The summed E-state index contributed by atoms with van der Waals surface area (Å²) in [5, 5.41) is 15.3. The zero-order valence-electron chi connectivity index (χ0n) is 17.2. The summed E-state index contributed by atoms with van der Waals surface area (Å²) in [6.45, 7) is 1.01. The first-order chi connectivity index (χ1) is 15.1. The highest BCUT2D eigenvalue weighted by Gasteiger charge is 2.33. The molecule has 0 spiro atoms. The quantitative estimate of drug-likeness (QED) is 0.618. The second kappa shape index (κ2) is 9.14. The molecule has 0 aliphatic carbocycles. The zero-order valence-corrected chi connectivity index (χ0v) is 17.2. The van der Waals surface area contributed by atoms with E-state index in [1.165, 1.54) is 23.5 Å². The molecule has 32 heavy (non-hydrogen) atoms. The number of nitrogens with zero attached hydrogens (tertiary/aromatic N) is 3. The van der Waals surface area contributed by atoms with E-state index in [2.05, 4.69) is 5.32 Å². The first-order valence-electron chi connectivity index (χ1n) is 9.45. The molecular weight excluding hydrogens is 430 g/mol. The molecule has 0 unspecified atom stereocenters. The van der Waals surface area contributed by atoms with Gasteiger partial charge < -0.3 is 19.7 Å². The maximum absolute atomic E-state index is 13.8. The Bertz CT molecular complexity index is 1150. The zero-order chi connectivity index (χ0) is 23.6. The molecule has 0 fully saturated rings. The SMILES string of the molecule is CC(=O)OCCN1Cn2cc(C(=O)NCc3ccc(F)cc3F)c(=O)c(O)c2C(=O)N1C. The second-order valence-corrected chi connectivity index (χ2v) is 7.00. The third-order valence-corrected chi connectivity index (χ3v) is 4.85. The number of amides is 2. The van der Waals surface area contributed by atoms with Gasteiger partial charge in [0.25, 0.3) is 11.8 Å². The Balaban J connectivity index is 1.84. The second-order valence-electron chi connectivity index (χ2n) is 7.00. The molecule has 12 heteroatoms. The molecule has 0 saturated carbocycles. The van der Waals surface area contributed by atoms with Crippen LogP contribution in [0.1, 0.15) is 33.3 Å². The van der Waals surface area contributed by atoms with E-state index < -0.39 is 46.2 Å². The van der Waals surface area contributed by atoms with Gasteiger partial charge in [0.05, 0.1) is 13.2 Å². The number of hydrogen-bond acceptors (Lipinski definition) is 7. The van der Waals surface area contributed by atoms with E-state index in [0.29, 0.717) is 6.07 Å². The highest BCUT2D eigenvalue weighted by atomic mass is 19.1. The Kier molecular flexibility index (Phi) is 6.53. The molecule has 2 amide bonds. The number of nitrogens with one attached hydrogen (secondary N) is 1. The van der Waals surface area contributed by atoms with Crippen molar-refractivity contribution in [3.63, 3.8) is 0 Å². The Morgan fingerprint density at radius 3 is 2.62 bits per heavy atom. The molecule has 0 saturated heterocycles. The highest BCUT2D eigenvalue weighted by Crippen LogP contribution is 2.22. The number of hydrogen-bond donors (Lipinski definition) is 2. The minimum absolute atomic E-state index is 0.00418. The van der Waals surface area contributed by atoms with Crippen molar-refractivity contribution >= 4 is 17.8 Å². The van der Waals surface area contributed by atoms with Crippen molar-refractivity contribution in [2.45, 2.75) is 20.1 Å². The maximum atomic E-state index is 13.8. The number of aromatic nitrogens is 1. The van der Waals surface area contributed by atoms with Crippen molar-refractivity contribution in [3.05, 3.63) is 63.1 Å². The number of halogens is 2. The molecule has 10 nitrogen and oxygen atoms in total. The van der Waals surface area contributed by atoms with Crippen LogP contribution >= 0.6 is 0 Å². The van der Waals surface area contributed by atoms with Crippen LogP contribution in [0.2, 0.25) is 0 Å². The van der Waals surface area contributed by atoms with Gasteiger partial charge >= 0.3 is 5.97 Å². The molecule has 0 bridgehead atoms. The van der Waals surface area contributed by atoms with Crippen LogP contribution in [-0.2, 0) is 22.7 Å². The largest absolute Gasteiger partial charge is 0.503 e. The Morgan fingerprint density at radius 2 is 1.97 bits per heavy atom. The fourth-order valence-electron chi connectivity index (χ4n) is 3.15. The number of esters is 1. The van der Waals surface area contributed by atoms with Crippen LogP contribution in [0.4, 0.5) is 8.78 Å². The van der Waals surface area contributed by atoms with E-state index in [-0.39, 0.29) is 37.6 Å². The van der Waals surface area contributed by atoms with Crippen molar-refractivity contribution < 1.29 is 33.0 Å². The number of ether oxygens (including phenoxy) is 1. The molecule has 2 heterocycles. The summed E-state index contributed by atoms with van der Waals surface area (Å²) in [4.78, 5) is 48.6. The monoisotopic (exact) mass is 450 g/mol. The number of aromatic hydroxyl groups is 1.